The Balaban J connectivity index is 1.43. The molecule has 1 aromatic heterocycles. The molecular weight excluding hydrogens is 352 g/mol. The topological polar surface area (TPSA) is 61.3 Å². The maximum Gasteiger partial charge on any atom is 0.210 e. The zero-order valence-corrected chi connectivity index (χ0v) is 16.4. The summed E-state index contributed by atoms with van der Waals surface area (Å²) >= 11 is 3.11. The number of benzene rings is 1. The number of likely N-dealkylation sites (tertiary alicyclic amines) is 1. The number of piperidine rings is 1. The first-order valence-electron chi connectivity index (χ1n) is 8.79. The van der Waals surface area contributed by atoms with Crippen molar-refractivity contribution in [3.05, 3.63) is 29.8 Å². The molecule has 0 amide bonds. The minimum atomic E-state index is -0.324. The fourth-order valence-corrected chi connectivity index (χ4v) is 4.64. The van der Waals surface area contributed by atoms with Crippen LogP contribution in [0.2, 0.25) is 0 Å². The van der Waals surface area contributed by atoms with Gasteiger partial charge in [-0.25, -0.2) is 0 Å². The van der Waals surface area contributed by atoms with Gasteiger partial charge in [0.1, 0.15) is 0 Å². The molecule has 2 aromatic rings. The van der Waals surface area contributed by atoms with Gasteiger partial charge in [-0.2, -0.15) is 0 Å². The molecule has 7 heteroatoms. The van der Waals surface area contributed by atoms with Crippen molar-refractivity contribution in [2.75, 3.05) is 30.7 Å². The lowest BCUT2D eigenvalue weighted by molar-refractivity contribution is 0.105. The summed E-state index contributed by atoms with van der Waals surface area (Å²) in [6.07, 6.45) is 2.16. The third-order valence-electron chi connectivity index (χ3n) is 4.42. The standard InChI is InChI=1S/C18H26N4OS2/c1-13-6-8-22(9-7-13)11-16(23)12-24-18-21-20-17(25-18)19-15-5-3-4-14(2)10-15/h3-5,10,13,16,23H,6-9,11-12H2,1-2H3,(H,19,20). The van der Waals surface area contributed by atoms with Gasteiger partial charge in [-0.15, -0.1) is 10.2 Å². The normalized spacial score (nSPS) is 17.6. The molecule has 1 fully saturated rings. The number of β-amino-alcohol motifs (C(OH)–C–C–N with tert-alkyl or cyclic N) is 1. The van der Waals surface area contributed by atoms with Crippen molar-refractivity contribution in [3.63, 3.8) is 0 Å². The summed E-state index contributed by atoms with van der Waals surface area (Å²) in [6, 6.07) is 8.19. The van der Waals surface area contributed by atoms with Crippen LogP contribution in [0.3, 0.4) is 0 Å². The van der Waals surface area contributed by atoms with Crippen molar-refractivity contribution in [3.8, 4) is 0 Å². The zero-order valence-electron chi connectivity index (χ0n) is 14.8. The summed E-state index contributed by atoms with van der Waals surface area (Å²) in [4.78, 5) is 2.37. The molecule has 1 unspecified atom stereocenters. The lowest BCUT2D eigenvalue weighted by Crippen LogP contribution is -2.39. The molecule has 25 heavy (non-hydrogen) atoms. The van der Waals surface area contributed by atoms with Gasteiger partial charge in [0.15, 0.2) is 4.34 Å². The monoisotopic (exact) mass is 378 g/mol. The molecule has 0 spiro atoms. The van der Waals surface area contributed by atoms with E-state index in [-0.39, 0.29) is 6.10 Å². The Morgan fingerprint density at radius 2 is 2.16 bits per heavy atom. The van der Waals surface area contributed by atoms with E-state index in [9.17, 15) is 5.11 Å². The predicted molar refractivity (Wildman–Crippen MR) is 106 cm³/mol. The SMILES string of the molecule is Cc1cccc(Nc2nnc(SCC(O)CN3CCC(C)CC3)s2)c1. The van der Waals surface area contributed by atoms with Gasteiger partial charge in [0.2, 0.25) is 5.13 Å². The second-order valence-electron chi connectivity index (χ2n) is 6.82. The highest BCUT2D eigenvalue weighted by Crippen LogP contribution is 2.28. The number of nitrogens with zero attached hydrogens (tertiary/aromatic N) is 3. The Hall–Kier alpha value is -1.15. The average molecular weight is 379 g/mol. The molecule has 0 aliphatic carbocycles. The van der Waals surface area contributed by atoms with E-state index in [1.807, 2.05) is 12.1 Å². The molecule has 1 atom stereocenters. The van der Waals surface area contributed by atoms with Crippen molar-refractivity contribution >= 4 is 33.9 Å². The third-order valence-corrected chi connectivity index (χ3v) is 6.54. The van der Waals surface area contributed by atoms with E-state index >= 15 is 0 Å². The van der Waals surface area contributed by atoms with E-state index in [1.165, 1.54) is 29.7 Å². The number of aliphatic hydroxyl groups is 1. The van der Waals surface area contributed by atoms with E-state index in [0.717, 1.165) is 40.7 Å². The second-order valence-corrected chi connectivity index (χ2v) is 9.06. The Morgan fingerprint density at radius 3 is 2.92 bits per heavy atom. The maximum atomic E-state index is 10.3. The molecule has 1 aromatic carbocycles. The fraction of sp³-hybridized carbons (Fsp3) is 0.556. The van der Waals surface area contributed by atoms with E-state index in [4.69, 9.17) is 0 Å². The molecule has 0 radical (unpaired) electrons. The van der Waals surface area contributed by atoms with Gasteiger partial charge in [-0.3, -0.25) is 0 Å². The van der Waals surface area contributed by atoms with Crippen LogP contribution < -0.4 is 5.32 Å². The van der Waals surface area contributed by atoms with Gasteiger partial charge in [-0.1, -0.05) is 42.2 Å². The van der Waals surface area contributed by atoms with Crippen LogP contribution in [-0.4, -0.2) is 51.7 Å². The molecule has 5 nitrogen and oxygen atoms in total. The van der Waals surface area contributed by atoms with Crippen molar-refractivity contribution in [1.29, 1.82) is 0 Å². The number of aliphatic hydroxyl groups excluding tert-OH is 1. The highest BCUT2D eigenvalue weighted by molar-refractivity contribution is 8.01. The maximum absolute atomic E-state index is 10.3. The van der Waals surface area contributed by atoms with Crippen LogP contribution in [0.25, 0.3) is 0 Å². The summed E-state index contributed by atoms with van der Waals surface area (Å²) in [6.45, 7) is 7.34. The Morgan fingerprint density at radius 1 is 1.36 bits per heavy atom. The molecule has 1 saturated heterocycles. The summed E-state index contributed by atoms with van der Waals surface area (Å²) in [5, 5.41) is 22.7. The Labute approximate surface area is 157 Å². The zero-order chi connectivity index (χ0) is 17.6. The number of rotatable bonds is 7. The minimum absolute atomic E-state index is 0.324. The van der Waals surface area contributed by atoms with Crippen molar-refractivity contribution in [2.24, 2.45) is 5.92 Å². The van der Waals surface area contributed by atoms with Crippen molar-refractivity contribution < 1.29 is 5.11 Å². The molecule has 1 aliphatic rings. The van der Waals surface area contributed by atoms with E-state index in [0.29, 0.717) is 5.75 Å². The van der Waals surface area contributed by atoms with Crippen LogP contribution in [0.5, 0.6) is 0 Å². The largest absolute Gasteiger partial charge is 0.391 e. The Kier molecular flexibility index (Phi) is 6.70. The number of aromatic nitrogens is 2. The first-order chi connectivity index (χ1) is 12.1. The summed E-state index contributed by atoms with van der Waals surface area (Å²) < 4.78 is 0.890. The molecular formula is C18H26N4OS2. The van der Waals surface area contributed by atoms with Crippen LogP contribution in [-0.2, 0) is 0 Å². The van der Waals surface area contributed by atoms with Gasteiger partial charge < -0.3 is 15.3 Å². The average Bonchev–Trinajstić information content (AvgIpc) is 3.03. The highest BCUT2D eigenvalue weighted by atomic mass is 32.2. The summed E-state index contributed by atoms with van der Waals surface area (Å²) in [5.41, 5.74) is 2.23. The number of nitrogens with one attached hydrogen (secondary N) is 1. The molecule has 136 valence electrons. The van der Waals surface area contributed by atoms with Crippen LogP contribution in [0.1, 0.15) is 25.3 Å². The summed E-state index contributed by atoms with van der Waals surface area (Å²) in [5.74, 6) is 1.48. The van der Waals surface area contributed by atoms with Gasteiger partial charge >= 0.3 is 0 Å². The van der Waals surface area contributed by atoms with Crippen LogP contribution >= 0.6 is 23.1 Å². The lowest BCUT2D eigenvalue weighted by Gasteiger charge is -2.31. The van der Waals surface area contributed by atoms with E-state index in [1.54, 1.807) is 11.8 Å². The van der Waals surface area contributed by atoms with Crippen molar-refractivity contribution in [1.82, 2.24) is 15.1 Å². The van der Waals surface area contributed by atoms with Gasteiger partial charge in [0.25, 0.3) is 0 Å². The number of hydrogen-bond acceptors (Lipinski definition) is 7. The first-order valence-corrected chi connectivity index (χ1v) is 10.6. The van der Waals surface area contributed by atoms with Gasteiger partial charge in [0.05, 0.1) is 6.10 Å². The highest BCUT2D eigenvalue weighted by Gasteiger charge is 2.18. The van der Waals surface area contributed by atoms with Crippen LogP contribution in [0.4, 0.5) is 10.8 Å². The van der Waals surface area contributed by atoms with Gasteiger partial charge in [-0.05, 0) is 56.5 Å². The number of thioether (sulfide) groups is 1. The number of aryl methyl sites for hydroxylation is 1. The fourth-order valence-electron chi connectivity index (χ4n) is 2.93. The van der Waals surface area contributed by atoms with Gasteiger partial charge in [0, 0.05) is 18.0 Å². The Bertz CT molecular complexity index is 671. The quantitative estimate of drug-likeness (QED) is 0.715. The number of hydrogen-bond donors (Lipinski definition) is 2. The smallest absolute Gasteiger partial charge is 0.210 e. The summed E-state index contributed by atoms with van der Waals surface area (Å²) in [7, 11) is 0. The molecule has 3 rings (SSSR count). The molecule has 2 N–H and O–H groups in total. The van der Waals surface area contributed by atoms with E-state index in [2.05, 4.69) is 46.4 Å². The van der Waals surface area contributed by atoms with Crippen molar-refractivity contribution in [2.45, 2.75) is 37.1 Å². The van der Waals surface area contributed by atoms with Crippen LogP contribution in [0.15, 0.2) is 28.6 Å². The predicted octanol–water partition coefficient (Wildman–Crippen LogP) is 3.78. The first kappa shape index (κ1) is 18.6. The third kappa shape index (κ3) is 5.95. The molecule has 0 saturated carbocycles. The molecule has 2 heterocycles. The second kappa shape index (κ2) is 8.98. The molecule has 0 bridgehead atoms. The lowest BCUT2D eigenvalue weighted by atomic mass is 9.99. The van der Waals surface area contributed by atoms with E-state index < -0.39 is 0 Å². The number of anilines is 2. The van der Waals surface area contributed by atoms with Crippen LogP contribution in [0, 0.1) is 12.8 Å². The molecule has 1 aliphatic heterocycles. The minimum Gasteiger partial charge on any atom is -0.391 e.